The molecule has 0 unspecified atom stereocenters. The van der Waals surface area contributed by atoms with Gasteiger partial charge in [0.2, 0.25) is 0 Å². The van der Waals surface area contributed by atoms with Crippen LogP contribution in [0.1, 0.15) is 18.4 Å². The van der Waals surface area contributed by atoms with Crippen LogP contribution in [-0.4, -0.2) is 45.2 Å². The second-order valence-electron chi connectivity index (χ2n) is 5.29. The summed E-state index contributed by atoms with van der Waals surface area (Å²) in [4.78, 5) is 4.89. The quantitative estimate of drug-likeness (QED) is 0.867. The Labute approximate surface area is 125 Å². The molecule has 2 rings (SSSR count). The largest absolute Gasteiger partial charge is 0.372 e. The fourth-order valence-corrected chi connectivity index (χ4v) is 3.32. The van der Waals surface area contributed by atoms with Gasteiger partial charge in [-0.2, -0.15) is 0 Å². The molecule has 1 saturated heterocycles. The number of likely N-dealkylation sites (tertiary alicyclic amines) is 1. The zero-order valence-corrected chi connectivity index (χ0v) is 13.5. The zero-order valence-electron chi connectivity index (χ0n) is 12.0. The lowest BCUT2D eigenvalue weighted by atomic mass is 10.2. The number of hydrogen-bond donors (Lipinski definition) is 1. The van der Waals surface area contributed by atoms with Crippen molar-refractivity contribution in [3.8, 4) is 0 Å². The molecule has 1 fully saturated rings. The highest BCUT2D eigenvalue weighted by atomic mass is 79.9. The van der Waals surface area contributed by atoms with E-state index in [1.165, 1.54) is 48.2 Å². The van der Waals surface area contributed by atoms with Crippen LogP contribution >= 0.6 is 15.9 Å². The first kappa shape index (κ1) is 14.8. The first-order valence-electron chi connectivity index (χ1n) is 7.07. The van der Waals surface area contributed by atoms with Gasteiger partial charge in [-0.1, -0.05) is 6.07 Å². The Morgan fingerprint density at radius 1 is 1.32 bits per heavy atom. The lowest BCUT2D eigenvalue weighted by Crippen LogP contribution is -2.31. The average molecular weight is 326 g/mol. The molecule has 19 heavy (non-hydrogen) atoms. The van der Waals surface area contributed by atoms with E-state index in [1.807, 2.05) is 7.05 Å². The van der Waals surface area contributed by atoms with Gasteiger partial charge in [0.05, 0.1) is 5.69 Å². The molecule has 1 aliphatic heterocycles. The molecule has 4 heteroatoms. The number of rotatable bonds is 6. The van der Waals surface area contributed by atoms with Crippen molar-refractivity contribution < 1.29 is 0 Å². The Morgan fingerprint density at radius 2 is 2.05 bits per heavy atom. The molecular weight excluding hydrogens is 302 g/mol. The summed E-state index contributed by atoms with van der Waals surface area (Å²) in [6, 6.07) is 6.61. The van der Waals surface area contributed by atoms with Crippen molar-refractivity contribution in [3.63, 3.8) is 0 Å². The Bertz CT molecular complexity index is 402. The summed E-state index contributed by atoms with van der Waals surface area (Å²) in [5.41, 5.74) is 2.59. The summed E-state index contributed by atoms with van der Waals surface area (Å²) in [7, 11) is 4.15. The van der Waals surface area contributed by atoms with Gasteiger partial charge in [-0.25, -0.2) is 0 Å². The number of nitrogens with one attached hydrogen (secondary N) is 1. The molecular formula is C15H24BrN3. The Hall–Kier alpha value is -0.580. The van der Waals surface area contributed by atoms with Gasteiger partial charge < -0.3 is 15.1 Å². The highest BCUT2D eigenvalue weighted by molar-refractivity contribution is 9.10. The Balaban J connectivity index is 1.92. The van der Waals surface area contributed by atoms with Crippen molar-refractivity contribution in [3.05, 3.63) is 28.2 Å². The average Bonchev–Trinajstić information content (AvgIpc) is 2.89. The summed E-state index contributed by atoms with van der Waals surface area (Å²) >= 11 is 3.69. The van der Waals surface area contributed by atoms with E-state index in [9.17, 15) is 0 Å². The molecule has 0 amide bonds. The second-order valence-corrected chi connectivity index (χ2v) is 6.14. The fourth-order valence-electron chi connectivity index (χ4n) is 2.59. The molecule has 1 heterocycles. The molecule has 106 valence electrons. The zero-order chi connectivity index (χ0) is 13.7. The van der Waals surface area contributed by atoms with Crippen LogP contribution in [0.5, 0.6) is 0 Å². The molecule has 0 aromatic heterocycles. The van der Waals surface area contributed by atoms with Gasteiger partial charge in [0.15, 0.2) is 0 Å². The van der Waals surface area contributed by atoms with E-state index in [4.69, 9.17) is 0 Å². The molecule has 0 spiro atoms. The van der Waals surface area contributed by atoms with E-state index < -0.39 is 0 Å². The summed E-state index contributed by atoms with van der Waals surface area (Å²) < 4.78 is 1.18. The van der Waals surface area contributed by atoms with Crippen LogP contribution in [0.4, 0.5) is 5.69 Å². The summed E-state index contributed by atoms with van der Waals surface area (Å²) in [6.45, 7) is 5.72. The van der Waals surface area contributed by atoms with E-state index >= 15 is 0 Å². The van der Waals surface area contributed by atoms with Crippen LogP contribution < -0.4 is 10.2 Å². The molecule has 0 aliphatic carbocycles. The van der Waals surface area contributed by atoms with Crippen molar-refractivity contribution in [1.82, 2.24) is 10.2 Å². The molecule has 0 atom stereocenters. The molecule has 0 radical (unpaired) electrons. The van der Waals surface area contributed by atoms with Crippen LogP contribution in [0, 0.1) is 0 Å². The number of hydrogen-bond acceptors (Lipinski definition) is 3. The Kier molecular flexibility index (Phi) is 5.67. The molecule has 1 aliphatic rings. The lowest BCUT2D eigenvalue weighted by molar-refractivity contribution is 0.346. The van der Waals surface area contributed by atoms with Crippen LogP contribution in [0.3, 0.4) is 0 Å². The third-order valence-electron chi connectivity index (χ3n) is 3.75. The maximum atomic E-state index is 3.69. The maximum absolute atomic E-state index is 3.69. The monoisotopic (exact) mass is 325 g/mol. The van der Waals surface area contributed by atoms with Crippen LogP contribution in [0.2, 0.25) is 0 Å². The topological polar surface area (TPSA) is 18.5 Å². The van der Waals surface area contributed by atoms with Crippen molar-refractivity contribution in [2.75, 3.05) is 45.2 Å². The summed E-state index contributed by atoms with van der Waals surface area (Å²) in [5, 5.41) is 3.18. The minimum Gasteiger partial charge on any atom is -0.372 e. The van der Waals surface area contributed by atoms with Crippen molar-refractivity contribution in [2.45, 2.75) is 19.4 Å². The van der Waals surface area contributed by atoms with Gasteiger partial charge in [-0.15, -0.1) is 0 Å². The van der Waals surface area contributed by atoms with E-state index in [1.54, 1.807) is 0 Å². The predicted molar refractivity (Wildman–Crippen MR) is 85.8 cm³/mol. The first-order chi connectivity index (χ1) is 9.20. The van der Waals surface area contributed by atoms with Crippen molar-refractivity contribution in [1.29, 1.82) is 0 Å². The maximum Gasteiger partial charge on any atom is 0.0508 e. The number of nitrogens with zero attached hydrogens (tertiary/aromatic N) is 2. The van der Waals surface area contributed by atoms with Crippen LogP contribution in [0.25, 0.3) is 0 Å². The van der Waals surface area contributed by atoms with Crippen LogP contribution in [0.15, 0.2) is 22.7 Å². The minimum absolute atomic E-state index is 0.913. The number of likely N-dealkylation sites (N-methyl/N-ethyl adjacent to an activating group) is 1. The van der Waals surface area contributed by atoms with E-state index in [-0.39, 0.29) is 0 Å². The van der Waals surface area contributed by atoms with Gasteiger partial charge in [0.1, 0.15) is 0 Å². The molecule has 0 saturated carbocycles. The van der Waals surface area contributed by atoms with E-state index in [0.29, 0.717) is 0 Å². The summed E-state index contributed by atoms with van der Waals surface area (Å²) in [6.07, 6.45) is 2.73. The molecule has 3 nitrogen and oxygen atoms in total. The van der Waals surface area contributed by atoms with Gasteiger partial charge in [-0.05, 0) is 66.6 Å². The Morgan fingerprint density at radius 3 is 2.68 bits per heavy atom. The molecule has 1 N–H and O–H groups in total. The molecule has 1 aromatic carbocycles. The normalized spacial score (nSPS) is 15.9. The second kappa shape index (κ2) is 7.27. The lowest BCUT2D eigenvalue weighted by Gasteiger charge is -2.24. The SMILES string of the molecule is CNCc1ccc(N(C)CCN2CCCC2)c(Br)c1. The minimum atomic E-state index is 0.913. The van der Waals surface area contributed by atoms with Crippen molar-refractivity contribution >= 4 is 21.6 Å². The molecule has 1 aromatic rings. The van der Waals surface area contributed by atoms with Gasteiger partial charge in [0, 0.05) is 31.2 Å². The van der Waals surface area contributed by atoms with Crippen molar-refractivity contribution in [2.24, 2.45) is 0 Å². The third kappa shape index (κ3) is 4.20. The smallest absolute Gasteiger partial charge is 0.0508 e. The van der Waals surface area contributed by atoms with Gasteiger partial charge in [0.25, 0.3) is 0 Å². The third-order valence-corrected chi connectivity index (χ3v) is 4.39. The number of halogens is 1. The fraction of sp³-hybridized carbons (Fsp3) is 0.600. The standard InChI is InChI=1S/C15H24BrN3/c1-17-12-13-5-6-15(14(16)11-13)18(2)9-10-19-7-3-4-8-19/h5-6,11,17H,3-4,7-10,12H2,1-2H3. The first-order valence-corrected chi connectivity index (χ1v) is 7.86. The van der Waals surface area contributed by atoms with E-state index in [0.717, 1.165) is 13.1 Å². The van der Waals surface area contributed by atoms with E-state index in [2.05, 4.69) is 56.3 Å². The van der Waals surface area contributed by atoms with Crippen LogP contribution in [-0.2, 0) is 6.54 Å². The number of benzene rings is 1. The highest BCUT2D eigenvalue weighted by Gasteiger charge is 2.13. The molecule has 0 bridgehead atoms. The number of anilines is 1. The summed E-state index contributed by atoms with van der Waals surface area (Å²) in [5.74, 6) is 0. The predicted octanol–water partition coefficient (Wildman–Crippen LogP) is 2.70. The van der Waals surface area contributed by atoms with Gasteiger partial charge >= 0.3 is 0 Å². The highest BCUT2D eigenvalue weighted by Crippen LogP contribution is 2.26. The van der Waals surface area contributed by atoms with Gasteiger partial charge in [-0.3, -0.25) is 0 Å².